The van der Waals surface area contributed by atoms with Gasteiger partial charge in [-0.2, -0.15) is 0 Å². The van der Waals surface area contributed by atoms with Crippen LogP contribution >= 0.6 is 0 Å². The van der Waals surface area contributed by atoms with E-state index in [1.165, 1.54) is 5.69 Å². The molecule has 4 heteroatoms. The first-order valence-corrected chi connectivity index (χ1v) is 4.53. The van der Waals surface area contributed by atoms with Crippen molar-refractivity contribution in [2.24, 2.45) is 0 Å². The topological polar surface area (TPSA) is 34.0 Å². The van der Waals surface area contributed by atoms with Crippen LogP contribution in [0.1, 0.15) is 5.69 Å². The van der Waals surface area contributed by atoms with Crippen LogP contribution in [0.25, 0.3) is 5.69 Å². The number of aromatic nitrogens is 3. The predicted octanol–water partition coefficient (Wildman–Crippen LogP) is 1.22. The van der Waals surface area contributed by atoms with Crippen LogP contribution in [0.15, 0.2) is 31.0 Å². The molecule has 2 aromatic rings. The van der Waals surface area contributed by atoms with Crippen molar-refractivity contribution < 1.29 is 0 Å². The van der Waals surface area contributed by atoms with Crippen molar-refractivity contribution in [2.75, 3.05) is 11.9 Å². The molecule has 1 aliphatic rings. The molecule has 3 rings (SSSR count). The molecule has 0 atom stereocenters. The van der Waals surface area contributed by atoms with Crippen LogP contribution in [0.3, 0.4) is 0 Å². The highest BCUT2D eigenvalue weighted by molar-refractivity contribution is 5.63. The van der Waals surface area contributed by atoms with E-state index in [9.17, 15) is 0 Å². The fourth-order valence-corrected chi connectivity index (χ4v) is 1.86. The molecule has 0 radical (unpaired) electrons. The third-order valence-corrected chi connectivity index (χ3v) is 2.56. The van der Waals surface area contributed by atoms with Gasteiger partial charge in [-0.25, -0.2) is 4.98 Å². The molecule has 0 aliphatic carbocycles. The molecule has 3 heterocycles. The lowest BCUT2D eigenvalue weighted by atomic mass is 10.2. The van der Waals surface area contributed by atoms with E-state index in [4.69, 9.17) is 0 Å². The molecule has 0 spiro atoms. The first kappa shape index (κ1) is 7.55. The van der Waals surface area contributed by atoms with Crippen molar-refractivity contribution in [2.45, 2.75) is 6.54 Å². The zero-order valence-electron chi connectivity index (χ0n) is 7.88. The smallest absolute Gasteiger partial charge is 0.0995 e. The van der Waals surface area contributed by atoms with Gasteiger partial charge in [-0.05, 0) is 6.07 Å². The molecule has 4 nitrogen and oxygen atoms in total. The van der Waals surface area contributed by atoms with E-state index in [0.29, 0.717) is 0 Å². The van der Waals surface area contributed by atoms with Crippen LogP contribution < -0.4 is 4.90 Å². The molecule has 0 amide bonds. The van der Waals surface area contributed by atoms with Gasteiger partial charge in [0.1, 0.15) is 0 Å². The van der Waals surface area contributed by atoms with Crippen molar-refractivity contribution in [1.82, 2.24) is 14.5 Å². The van der Waals surface area contributed by atoms with Gasteiger partial charge in [-0.15, -0.1) is 0 Å². The Kier molecular flexibility index (Phi) is 1.39. The fourth-order valence-electron chi connectivity index (χ4n) is 1.86. The van der Waals surface area contributed by atoms with Crippen LogP contribution in [-0.2, 0) is 6.54 Å². The molecule has 0 fully saturated rings. The van der Waals surface area contributed by atoms with E-state index < -0.39 is 0 Å². The van der Waals surface area contributed by atoms with Crippen molar-refractivity contribution in [3.63, 3.8) is 0 Å². The standard InChI is InChI=1S/C10H10N4/c1-13-6-8-4-12-7-14(8)9-2-3-11-5-10(9)13/h2-5,7H,6H2,1H3. The summed E-state index contributed by atoms with van der Waals surface area (Å²) < 4.78 is 2.11. The van der Waals surface area contributed by atoms with Crippen LogP contribution in [0.4, 0.5) is 5.69 Å². The summed E-state index contributed by atoms with van der Waals surface area (Å²) in [5.74, 6) is 0. The number of rotatable bonds is 0. The minimum Gasteiger partial charge on any atom is -0.366 e. The summed E-state index contributed by atoms with van der Waals surface area (Å²) in [5.41, 5.74) is 3.52. The highest BCUT2D eigenvalue weighted by Crippen LogP contribution is 2.29. The molecule has 0 aromatic carbocycles. The van der Waals surface area contributed by atoms with Gasteiger partial charge in [0.05, 0.1) is 42.3 Å². The van der Waals surface area contributed by atoms with Crippen LogP contribution in [-0.4, -0.2) is 21.6 Å². The first-order valence-electron chi connectivity index (χ1n) is 4.53. The zero-order valence-corrected chi connectivity index (χ0v) is 7.88. The van der Waals surface area contributed by atoms with Crippen LogP contribution in [0.2, 0.25) is 0 Å². The van der Waals surface area contributed by atoms with E-state index in [2.05, 4.69) is 26.5 Å². The molecule has 0 bridgehead atoms. The molecule has 2 aromatic heterocycles. The van der Waals surface area contributed by atoms with Crippen LogP contribution in [0, 0.1) is 0 Å². The van der Waals surface area contributed by atoms with E-state index in [1.54, 1.807) is 0 Å². The highest BCUT2D eigenvalue weighted by atomic mass is 15.2. The average Bonchev–Trinajstić information content (AvgIpc) is 2.66. The van der Waals surface area contributed by atoms with Gasteiger partial charge in [0.15, 0.2) is 0 Å². The number of anilines is 1. The van der Waals surface area contributed by atoms with Gasteiger partial charge in [-0.3, -0.25) is 9.55 Å². The molecule has 0 saturated heterocycles. The number of fused-ring (bicyclic) bond motifs is 3. The minimum atomic E-state index is 0.888. The number of hydrogen-bond acceptors (Lipinski definition) is 3. The Morgan fingerprint density at radius 3 is 3.07 bits per heavy atom. The zero-order chi connectivity index (χ0) is 9.54. The second kappa shape index (κ2) is 2.57. The van der Waals surface area contributed by atoms with Crippen molar-refractivity contribution in [1.29, 1.82) is 0 Å². The lowest BCUT2D eigenvalue weighted by molar-refractivity contribution is 0.799. The largest absolute Gasteiger partial charge is 0.366 e. The normalized spacial score (nSPS) is 13.6. The first-order chi connectivity index (χ1) is 6.86. The average molecular weight is 186 g/mol. The molecule has 0 N–H and O–H groups in total. The summed E-state index contributed by atoms with van der Waals surface area (Å²) in [7, 11) is 2.07. The van der Waals surface area contributed by atoms with Crippen molar-refractivity contribution in [3.8, 4) is 5.69 Å². The van der Waals surface area contributed by atoms with Gasteiger partial charge in [-0.1, -0.05) is 0 Å². The summed E-state index contributed by atoms with van der Waals surface area (Å²) in [5, 5.41) is 0. The maximum absolute atomic E-state index is 4.15. The van der Waals surface area contributed by atoms with Crippen LogP contribution in [0.5, 0.6) is 0 Å². The maximum atomic E-state index is 4.15. The summed E-state index contributed by atoms with van der Waals surface area (Å²) in [4.78, 5) is 10.5. The Bertz CT molecular complexity index is 474. The summed E-state index contributed by atoms with van der Waals surface area (Å²) in [6.07, 6.45) is 7.45. The van der Waals surface area contributed by atoms with Gasteiger partial charge < -0.3 is 4.90 Å². The Labute approximate surface area is 81.8 Å². The third-order valence-electron chi connectivity index (χ3n) is 2.56. The number of nitrogens with zero attached hydrogens (tertiary/aromatic N) is 4. The van der Waals surface area contributed by atoms with Gasteiger partial charge >= 0.3 is 0 Å². The van der Waals surface area contributed by atoms with E-state index in [-0.39, 0.29) is 0 Å². The van der Waals surface area contributed by atoms with E-state index >= 15 is 0 Å². The maximum Gasteiger partial charge on any atom is 0.0995 e. The predicted molar refractivity (Wildman–Crippen MR) is 53.5 cm³/mol. The molecule has 14 heavy (non-hydrogen) atoms. The van der Waals surface area contributed by atoms with Crippen molar-refractivity contribution in [3.05, 3.63) is 36.7 Å². The molecule has 1 aliphatic heterocycles. The lowest BCUT2D eigenvalue weighted by Gasteiger charge is -2.27. The number of pyridine rings is 1. The van der Waals surface area contributed by atoms with Crippen molar-refractivity contribution >= 4 is 5.69 Å². The van der Waals surface area contributed by atoms with Gasteiger partial charge in [0, 0.05) is 13.2 Å². The van der Waals surface area contributed by atoms with Gasteiger partial charge in [0.2, 0.25) is 0 Å². The van der Waals surface area contributed by atoms with E-state index in [1.807, 2.05) is 31.0 Å². The Hall–Kier alpha value is -1.84. The number of hydrogen-bond donors (Lipinski definition) is 0. The molecule has 0 unspecified atom stereocenters. The Balaban J connectivity index is 2.30. The number of imidazole rings is 1. The quantitative estimate of drug-likeness (QED) is 0.620. The van der Waals surface area contributed by atoms with E-state index in [0.717, 1.165) is 17.9 Å². The summed E-state index contributed by atoms with van der Waals surface area (Å²) >= 11 is 0. The second-order valence-corrected chi connectivity index (χ2v) is 3.48. The fraction of sp³-hybridized carbons (Fsp3) is 0.200. The third kappa shape index (κ3) is 0.878. The second-order valence-electron chi connectivity index (χ2n) is 3.48. The minimum absolute atomic E-state index is 0.888. The highest BCUT2D eigenvalue weighted by Gasteiger charge is 2.18. The summed E-state index contributed by atoms with van der Waals surface area (Å²) in [6, 6.07) is 2.01. The Morgan fingerprint density at radius 2 is 2.14 bits per heavy atom. The Morgan fingerprint density at radius 1 is 1.21 bits per heavy atom. The molecular formula is C10H10N4. The molecular weight excluding hydrogens is 176 g/mol. The SMILES string of the molecule is CN1Cc2cncn2-c2ccncc21. The summed E-state index contributed by atoms with van der Waals surface area (Å²) in [6.45, 7) is 0.888. The monoisotopic (exact) mass is 186 g/mol. The lowest BCUT2D eigenvalue weighted by Crippen LogP contribution is -2.24. The van der Waals surface area contributed by atoms with Gasteiger partial charge in [0.25, 0.3) is 0 Å². The molecule has 70 valence electrons. The molecule has 0 saturated carbocycles.